The van der Waals surface area contributed by atoms with Crippen molar-refractivity contribution in [3.05, 3.63) is 23.2 Å². The molecule has 3 aliphatic rings. The number of hydrogen-bond donors (Lipinski definition) is 0. The fourth-order valence-corrected chi connectivity index (χ4v) is 4.21. The Morgan fingerprint density at radius 1 is 1.05 bits per heavy atom. The smallest absolute Gasteiger partial charge is 0.107 e. The van der Waals surface area contributed by atoms with Crippen molar-refractivity contribution in [3.8, 4) is 0 Å². The first-order chi connectivity index (χ1) is 10.5. The van der Waals surface area contributed by atoms with E-state index in [1.54, 1.807) is 0 Å². The molecule has 2 heterocycles. The van der Waals surface area contributed by atoms with Crippen LogP contribution in [0.25, 0.3) is 0 Å². The van der Waals surface area contributed by atoms with E-state index in [4.69, 9.17) is 9.15 Å². The van der Waals surface area contributed by atoms with Crippen molar-refractivity contribution in [3.63, 3.8) is 0 Å². The van der Waals surface area contributed by atoms with E-state index < -0.39 is 0 Å². The summed E-state index contributed by atoms with van der Waals surface area (Å²) < 4.78 is 11.2. The first-order valence-electron chi connectivity index (χ1n) is 9.20. The molecule has 2 nitrogen and oxygen atoms in total. The van der Waals surface area contributed by atoms with Gasteiger partial charge in [-0.1, -0.05) is 20.8 Å². The van der Waals surface area contributed by atoms with Crippen molar-refractivity contribution in [2.24, 2.45) is 17.8 Å². The molecule has 22 heavy (non-hydrogen) atoms. The first-order valence-corrected chi connectivity index (χ1v) is 9.20. The number of fused-ring (bicyclic) bond motifs is 1. The maximum absolute atomic E-state index is 5.72. The lowest BCUT2D eigenvalue weighted by Crippen LogP contribution is -2.53. The van der Waals surface area contributed by atoms with Crippen molar-refractivity contribution < 1.29 is 9.15 Å². The highest BCUT2D eigenvalue weighted by atomic mass is 16.5. The van der Waals surface area contributed by atoms with E-state index in [1.165, 1.54) is 55.4 Å². The highest BCUT2D eigenvalue weighted by Gasteiger charge is 2.46. The van der Waals surface area contributed by atoms with Crippen molar-refractivity contribution in [2.75, 3.05) is 6.61 Å². The molecule has 2 heteroatoms. The van der Waals surface area contributed by atoms with E-state index in [0.717, 1.165) is 30.8 Å². The first kappa shape index (κ1) is 16.1. The molecule has 1 saturated carbocycles. The molecule has 1 aromatic heterocycles. The monoisotopic (exact) mass is 304 g/mol. The van der Waals surface area contributed by atoms with Crippen molar-refractivity contribution >= 4 is 0 Å². The lowest BCUT2D eigenvalue weighted by atomic mass is 9.70. The van der Waals surface area contributed by atoms with Crippen LogP contribution in [0.1, 0.15) is 69.8 Å². The van der Waals surface area contributed by atoms with Gasteiger partial charge in [-0.2, -0.15) is 0 Å². The zero-order valence-electron chi connectivity index (χ0n) is 14.8. The molecule has 124 valence electrons. The summed E-state index contributed by atoms with van der Waals surface area (Å²) in [5, 5.41) is 0. The van der Waals surface area contributed by atoms with Gasteiger partial charge in [0.2, 0.25) is 0 Å². The summed E-state index contributed by atoms with van der Waals surface area (Å²) in [7, 11) is 0. The SMILES string of the molecule is CC1CCC2(CC1)OCC2C.Cc1coc2c1CCC(C)C2. The molecule has 0 amide bonds. The second-order valence-electron chi connectivity index (χ2n) is 8.13. The quantitative estimate of drug-likeness (QED) is 0.647. The molecule has 0 aromatic carbocycles. The van der Waals surface area contributed by atoms with Crippen molar-refractivity contribution in [1.82, 2.24) is 0 Å². The summed E-state index contributed by atoms with van der Waals surface area (Å²) in [6.45, 7) is 10.1. The summed E-state index contributed by atoms with van der Waals surface area (Å²) >= 11 is 0. The lowest BCUT2D eigenvalue weighted by Gasteiger charge is -2.51. The van der Waals surface area contributed by atoms with Gasteiger partial charge in [0.25, 0.3) is 0 Å². The van der Waals surface area contributed by atoms with Gasteiger partial charge in [0.05, 0.1) is 18.5 Å². The molecular formula is C20H32O2. The van der Waals surface area contributed by atoms with E-state index in [0.29, 0.717) is 5.60 Å². The van der Waals surface area contributed by atoms with Crippen LogP contribution in [0.15, 0.2) is 10.7 Å². The van der Waals surface area contributed by atoms with E-state index in [9.17, 15) is 0 Å². The van der Waals surface area contributed by atoms with Crippen molar-refractivity contribution in [2.45, 2.75) is 78.2 Å². The molecule has 1 saturated heterocycles. The summed E-state index contributed by atoms with van der Waals surface area (Å²) in [4.78, 5) is 0. The Balaban J connectivity index is 0.000000131. The van der Waals surface area contributed by atoms with Gasteiger partial charge in [0.15, 0.2) is 0 Å². The van der Waals surface area contributed by atoms with Crippen LogP contribution in [0.4, 0.5) is 0 Å². The molecule has 0 N–H and O–H groups in total. The minimum Gasteiger partial charge on any atom is -0.469 e. The van der Waals surface area contributed by atoms with Crippen molar-refractivity contribution in [1.29, 1.82) is 0 Å². The third-order valence-corrected chi connectivity index (χ3v) is 6.25. The van der Waals surface area contributed by atoms with Crippen LogP contribution in [-0.4, -0.2) is 12.2 Å². The molecule has 1 spiro atoms. The van der Waals surface area contributed by atoms with E-state index in [2.05, 4.69) is 27.7 Å². The minimum absolute atomic E-state index is 0.340. The number of aryl methyl sites for hydroxylation is 1. The van der Waals surface area contributed by atoms with Gasteiger partial charge in [0, 0.05) is 12.3 Å². The normalized spacial score (nSPS) is 37.0. The molecule has 1 aromatic rings. The Morgan fingerprint density at radius 2 is 1.77 bits per heavy atom. The molecule has 4 rings (SSSR count). The van der Waals surface area contributed by atoms with Gasteiger partial charge < -0.3 is 9.15 Å². The number of ether oxygens (including phenoxy) is 1. The number of hydrogen-bond acceptors (Lipinski definition) is 2. The molecule has 0 radical (unpaired) electrons. The van der Waals surface area contributed by atoms with Crippen LogP contribution >= 0.6 is 0 Å². The van der Waals surface area contributed by atoms with E-state index in [1.807, 2.05) is 6.26 Å². The van der Waals surface area contributed by atoms with Gasteiger partial charge in [-0.05, 0) is 68.4 Å². The molecule has 0 bridgehead atoms. The Hall–Kier alpha value is -0.760. The maximum Gasteiger partial charge on any atom is 0.107 e. The Labute approximate surface area is 135 Å². The lowest BCUT2D eigenvalue weighted by molar-refractivity contribution is -0.216. The van der Waals surface area contributed by atoms with Crippen LogP contribution < -0.4 is 0 Å². The maximum atomic E-state index is 5.72. The molecule has 2 atom stereocenters. The van der Waals surface area contributed by atoms with E-state index >= 15 is 0 Å². The zero-order chi connectivity index (χ0) is 15.7. The largest absolute Gasteiger partial charge is 0.469 e. The third-order valence-electron chi connectivity index (χ3n) is 6.25. The third kappa shape index (κ3) is 3.13. The van der Waals surface area contributed by atoms with Gasteiger partial charge in [-0.3, -0.25) is 0 Å². The fraction of sp³-hybridized carbons (Fsp3) is 0.800. The second-order valence-corrected chi connectivity index (χ2v) is 8.13. The predicted molar refractivity (Wildman–Crippen MR) is 90.1 cm³/mol. The number of furan rings is 1. The highest BCUT2D eigenvalue weighted by molar-refractivity contribution is 5.29. The second kappa shape index (κ2) is 6.39. The minimum atomic E-state index is 0.340. The molecular weight excluding hydrogens is 272 g/mol. The molecule has 2 fully saturated rings. The van der Waals surface area contributed by atoms with Crippen LogP contribution in [0, 0.1) is 24.7 Å². The Bertz CT molecular complexity index is 494. The van der Waals surface area contributed by atoms with Gasteiger partial charge in [-0.15, -0.1) is 0 Å². The van der Waals surface area contributed by atoms with Gasteiger partial charge >= 0.3 is 0 Å². The van der Waals surface area contributed by atoms with E-state index in [-0.39, 0.29) is 0 Å². The average molecular weight is 304 g/mol. The van der Waals surface area contributed by atoms with Gasteiger partial charge in [-0.25, -0.2) is 0 Å². The average Bonchev–Trinajstić information content (AvgIpc) is 2.88. The summed E-state index contributed by atoms with van der Waals surface area (Å²) in [5.74, 6) is 3.82. The zero-order valence-corrected chi connectivity index (χ0v) is 14.8. The molecule has 2 aliphatic carbocycles. The molecule has 2 unspecified atom stereocenters. The van der Waals surface area contributed by atoms with Crippen LogP contribution in [0.2, 0.25) is 0 Å². The summed E-state index contributed by atoms with van der Waals surface area (Å²) in [6, 6.07) is 0. The van der Waals surface area contributed by atoms with Crippen LogP contribution in [-0.2, 0) is 17.6 Å². The fourth-order valence-electron chi connectivity index (χ4n) is 4.21. The van der Waals surface area contributed by atoms with Gasteiger partial charge in [0.1, 0.15) is 5.76 Å². The van der Waals surface area contributed by atoms with Crippen LogP contribution in [0.3, 0.4) is 0 Å². The molecule has 1 aliphatic heterocycles. The Morgan fingerprint density at radius 3 is 2.36 bits per heavy atom. The summed E-state index contributed by atoms with van der Waals surface area (Å²) in [6.07, 6.45) is 11.0. The Kier molecular flexibility index (Phi) is 4.68. The van der Waals surface area contributed by atoms with Crippen LogP contribution in [0.5, 0.6) is 0 Å². The highest BCUT2D eigenvalue weighted by Crippen LogP contribution is 2.45. The standard InChI is InChI=1S/C10H18O.C10H14O/c1-8-3-5-10(6-4-8)9(2)7-11-10;1-7-3-4-9-8(2)6-11-10(9)5-7/h8-9H,3-7H2,1-2H3;6-7H,3-5H2,1-2H3. The topological polar surface area (TPSA) is 22.4 Å². The summed E-state index contributed by atoms with van der Waals surface area (Å²) in [5.41, 5.74) is 3.15. The number of rotatable bonds is 0. The predicted octanol–water partition coefficient (Wildman–Crippen LogP) is 5.31.